The zero-order chi connectivity index (χ0) is 16.1. The van der Waals surface area contributed by atoms with Crippen molar-refractivity contribution in [2.24, 2.45) is 5.11 Å². The largest absolute Gasteiger partial charge is 0.480 e. The Morgan fingerprint density at radius 2 is 2.05 bits per heavy atom. The van der Waals surface area contributed by atoms with Gasteiger partial charge in [0.05, 0.1) is 5.56 Å². The molecule has 0 amide bonds. The number of halogens is 3. The first-order chi connectivity index (χ1) is 9.71. The smallest absolute Gasteiger partial charge is 0.416 e. The van der Waals surface area contributed by atoms with E-state index < -0.39 is 23.2 Å². The molecule has 1 unspecified atom stereocenters. The molecule has 0 saturated heterocycles. The molecule has 0 saturated carbocycles. The van der Waals surface area contributed by atoms with Gasteiger partial charge in [-0.2, -0.15) is 13.2 Å². The van der Waals surface area contributed by atoms with Gasteiger partial charge < -0.3 is 5.11 Å². The molecule has 0 fully saturated rings. The van der Waals surface area contributed by atoms with Crippen LogP contribution >= 0.6 is 0 Å². The number of carbonyl (C=O) groups is 1. The van der Waals surface area contributed by atoms with E-state index in [0.29, 0.717) is 0 Å². The van der Waals surface area contributed by atoms with Crippen molar-refractivity contribution >= 4 is 5.97 Å². The number of hydrogen-bond donors (Lipinski definition) is 2. The number of rotatable bonds is 6. The molecule has 0 radical (unpaired) electrons. The molecule has 0 heterocycles. The first kappa shape index (κ1) is 16.8. The van der Waals surface area contributed by atoms with Gasteiger partial charge in [-0.1, -0.05) is 17.2 Å². The van der Waals surface area contributed by atoms with Gasteiger partial charge in [-0.25, -0.2) is 4.79 Å². The Morgan fingerprint density at radius 1 is 1.43 bits per heavy atom. The monoisotopic (exact) mass is 302 g/mol. The van der Waals surface area contributed by atoms with E-state index in [0.717, 1.165) is 18.2 Å². The van der Waals surface area contributed by atoms with Crippen molar-refractivity contribution in [1.29, 1.82) is 0 Å². The van der Waals surface area contributed by atoms with Crippen LogP contribution in [-0.2, 0) is 16.5 Å². The van der Waals surface area contributed by atoms with Crippen LogP contribution in [0.5, 0.6) is 0 Å². The topological polar surface area (TPSA) is 98.1 Å². The fourth-order valence-electron chi connectivity index (χ4n) is 1.71. The van der Waals surface area contributed by atoms with E-state index in [1.54, 1.807) is 0 Å². The summed E-state index contributed by atoms with van der Waals surface area (Å²) in [6, 6.07) is 4.10. The average molecular weight is 302 g/mol. The van der Waals surface area contributed by atoms with Gasteiger partial charge in [0.1, 0.15) is 5.54 Å². The van der Waals surface area contributed by atoms with Crippen molar-refractivity contribution in [3.63, 3.8) is 0 Å². The van der Waals surface area contributed by atoms with Gasteiger partial charge in [-0.15, -0.1) is 0 Å². The molecule has 9 heteroatoms. The number of nitrogens with one attached hydrogen (secondary N) is 1. The highest BCUT2D eigenvalue weighted by Crippen LogP contribution is 2.32. The number of hydrogen-bond acceptors (Lipinski definition) is 3. The van der Waals surface area contributed by atoms with Crippen LogP contribution in [0.25, 0.3) is 10.4 Å². The highest BCUT2D eigenvalue weighted by Gasteiger charge is 2.37. The van der Waals surface area contributed by atoms with Crippen molar-refractivity contribution in [3.8, 4) is 0 Å². The maximum absolute atomic E-state index is 12.7. The predicted molar refractivity (Wildman–Crippen MR) is 68.4 cm³/mol. The van der Waals surface area contributed by atoms with Crippen LogP contribution in [0, 0.1) is 0 Å². The minimum atomic E-state index is -4.56. The number of benzene rings is 1. The third kappa shape index (κ3) is 4.11. The van der Waals surface area contributed by atoms with Crippen LogP contribution in [0.3, 0.4) is 0 Å². The molecule has 2 N–H and O–H groups in total. The Morgan fingerprint density at radius 3 is 2.57 bits per heavy atom. The molecule has 1 atom stereocenters. The molecule has 1 rings (SSSR count). The molecule has 0 aliphatic carbocycles. The SMILES string of the molecule is CC(NCCN=[N+]=[N-])(C(=O)O)c1cccc(C(F)(F)F)c1. The van der Waals surface area contributed by atoms with Gasteiger partial charge in [-0.3, -0.25) is 5.32 Å². The first-order valence-corrected chi connectivity index (χ1v) is 5.89. The lowest BCUT2D eigenvalue weighted by molar-refractivity contribution is -0.145. The fourth-order valence-corrected chi connectivity index (χ4v) is 1.71. The summed E-state index contributed by atoms with van der Waals surface area (Å²) < 4.78 is 38.1. The van der Waals surface area contributed by atoms with Crippen LogP contribution < -0.4 is 5.32 Å². The zero-order valence-electron chi connectivity index (χ0n) is 11.1. The molecule has 0 spiro atoms. The van der Waals surface area contributed by atoms with Crippen LogP contribution in [0.4, 0.5) is 13.2 Å². The number of carboxylic acids is 1. The van der Waals surface area contributed by atoms with Gasteiger partial charge in [0.15, 0.2) is 0 Å². The Bertz CT molecular complexity index is 570. The van der Waals surface area contributed by atoms with Gasteiger partial charge in [-0.05, 0) is 30.2 Å². The second-order valence-electron chi connectivity index (χ2n) is 4.39. The Labute approximate surface area is 118 Å². The van der Waals surface area contributed by atoms with E-state index >= 15 is 0 Å². The van der Waals surface area contributed by atoms with Gasteiger partial charge in [0, 0.05) is 18.0 Å². The minimum Gasteiger partial charge on any atom is -0.480 e. The van der Waals surface area contributed by atoms with Crippen LogP contribution in [-0.4, -0.2) is 24.2 Å². The molecule has 0 bridgehead atoms. The summed E-state index contributed by atoms with van der Waals surface area (Å²) in [5.74, 6) is -1.33. The molecule has 1 aromatic rings. The molecule has 0 aromatic heterocycles. The molecule has 1 aromatic carbocycles. The number of nitrogens with zero attached hydrogens (tertiary/aromatic N) is 3. The maximum Gasteiger partial charge on any atom is 0.416 e. The van der Waals surface area contributed by atoms with E-state index in [2.05, 4.69) is 15.3 Å². The Hall–Kier alpha value is -2.25. The lowest BCUT2D eigenvalue weighted by atomic mass is 9.90. The average Bonchev–Trinajstić information content (AvgIpc) is 2.42. The second-order valence-corrected chi connectivity index (χ2v) is 4.39. The molecular formula is C12H13F3N4O2. The number of azide groups is 1. The molecule has 114 valence electrons. The molecule has 6 nitrogen and oxygen atoms in total. The van der Waals surface area contributed by atoms with Crippen molar-refractivity contribution in [3.05, 3.63) is 45.8 Å². The van der Waals surface area contributed by atoms with E-state index in [9.17, 15) is 23.1 Å². The van der Waals surface area contributed by atoms with Crippen molar-refractivity contribution in [1.82, 2.24) is 5.32 Å². The molecular weight excluding hydrogens is 289 g/mol. The fraction of sp³-hybridized carbons (Fsp3) is 0.417. The van der Waals surface area contributed by atoms with Gasteiger partial charge in [0.2, 0.25) is 0 Å². The zero-order valence-corrected chi connectivity index (χ0v) is 11.1. The summed E-state index contributed by atoms with van der Waals surface area (Å²) in [5, 5.41) is 15.1. The lowest BCUT2D eigenvalue weighted by Crippen LogP contribution is -2.47. The normalized spacial score (nSPS) is 14.1. The van der Waals surface area contributed by atoms with Gasteiger partial charge in [0.25, 0.3) is 0 Å². The third-order valence-corrected chi connectivity index (χ3v) is 2.95. The summed E-state index contributed by atoms with van der Waals surface area (Å²) >= 11 is 0. The molecule has 21 heavy (non-hydrogen) atoms. The highest BCUT2D eigenvalue weighted by molar-refractivity contribution is 5.80. The van der Waals surface area contributed by atoms with Gasteiger partial charge >= 0.3 is 12.1 Å². The van der Waals surface area contributed by atoms with Crippen molar-refractivity contribution in [2.75, 3.05) is 13.1 Å². The summed E-state index contributed by atoms with van der Waals surface area (Å²) in [6.45, 7) is 1.25. The lowest BCUT2D eigenvalue weighted by Gasteiger charge is -2.27. The predicted octanol–water partition coefficient (Wildman–Crippen LogP) is 2.91. The standard InChI is InChI=1S/C12H13F3N4O2/c1-11(10(20)21,17-5-6-18-19-16)8-3-2-4-9(7-8)12(13,14)15/h2-4,7,17H,5-6H2,1H3,(H,20,21). The minimum absolute atomic E-state index is 0.0155. The van der Waals surface area contributed by atoms with E-state index in [-0.39, 0.29) is 18.7 Å². The first-order valence-electron chi connectivity index (χ1n) is 5.89. The van der Waals surface area contributed by atoms with E-state index in [1.807, 2.05) is 0 Å². The number of alkyl halides is 3. The number of aliphatic carboxylic acids is 1. The Balaban J connectivity index is 3.10. The van der Waals surface area contributed by atoms with Crippen LogP contribution in [0.2, 0.25) is 0 Å². The maximum atomic E-state index is 12.7. The second kappa shape index (κ2) is 6.47. The summed E-state index contributed by atoms with van der Waals surface area (Å²) in [7, 11) is 0. The van der Waals surface area contributed by atoms with Crippen LogP contribution in [0.15, 0.2) is 29.4 Å². The van der Waals surface area contributed by atoms with E-state index in [4.69, 9.17) is 5.53 Å². The summed E-state index contributed by atoms with van der Waals surface area (Å²) in [5.41, 5.74) is 5.46. The van der Waals surface area contributed by atoms with Crippen molar-refractivity contribution in [2.45, 2.75) is 18.6 Å². The summed E-state index contributed by atoms with van der Waals surface area (Å²) in [6.07, 6.45) is -4.56. The number of carboxylic acid groups (broad SMARTS) is 1. The van der Waals surface area contributed by atoms with Crippen LogP contribution in [0.1, 0.15) is 18.1 Å². The Kier molecular flexibility index (Phi) is 5.17. The quantitative estimate of drug-likeness (QED) is 0.366. The molecule has 0 aliphatic heterocycles. The summed E-state index contributed by atoms with van der Waals surface area (Å²) in [4.78, 5) is 13.9. The highest BCUT2D eigenvalue weighted by atomic mass is 19.4. The van der Waals surface area contributed by atoms with Crippen molar-refractivity contribution < 1.29 is 23.1 Å². The third-order valence-electron chi connectivity index (χ3n) is 2.95. The van der Waals surface area contributed by atoms with E-state index in [1.165, 1.54) is 13.0 Å². The molecule has 0 aliphatic rings.